The van der Waals surface area contributed by atoms with Gasteiger partial charge in [0, 0.05) is 5.69 Å². The summed E-state index contributed by atoms with van der Waals surface area (Å²) in [6.07, 6.45) is 0. The number of thiazole rings is 1. The second-order valence-corrected chi connectivity index (χ2v) is 5.57. The highest BCUT2D eigenvalue weighted by molar-refractivity contribution is 7.13. The molecule has 0 fully saturated rings. The third-order valence-corrected chi connectivity index (χ3v) is 3.89. The largest absolute Gasteiger partial charge is 0.411 e. The first-order valence-corrected chi connectivity index (χ1v) is 6.87. The van der Waals surface area contributed by atoms with Gasteiger partial charge in [-0.2, -0.15) is 0 Å². The summed E-state index contributed by atoms with van der Waals surface area (Å²) in [5.41, 5.74) is 2.76. The summed E-state index contributed by atoms with van der Waals surface area (Å²) in [5, 5.41) is 15.5. The van der Waals surface area contributed by atoms with E-state index in [0.29, 0.717) is 16.3 Å². The molecule has 0 saturated heterocycles. The molecule has 2 N–H and O–H groups in total. The van der Waals surface area contributed by atoms with Crippen LogP contribution in [0.4, 0.5) is 5.69 Å². The number of nitrogens with zero attached hydrogens (tertiary/aromatic N) is 2. The van der Waals surface area contributed by atoms with Gasteiger partial charge in [0.2, 0.25) is 0 Å². The van der Waals surface area contributed by atoms with Gasteiger partial charge in [0.25, 0.3) is 5.91 Å². The number of carbonyl (C=O) groups excluding carboxylic acids is 1. The highest BCUT2D eigenvalue weighted by Crippen LogP contribution is 2.19. The first kappa shape index (κ1) is 14.2. The Morgan fingerprint density at radius 1 is 1.30 bits per heavy atom. The summed E-state index contributed by atoms with van der Waals surface area (Å²) in [4.78, 5) is 17.0. The van der Waals surface area contributed by atoms with Gasteiger partial charge >= 0.3 is 0 Å². The number of hydrogen-bond acceptors (Lipinski definition) is 5. The molecule has 2 rings (SSSR count). The molecule has 0 aliphatic carbocycles. The van der Waals surface area contributed by atoms with E-state index in [4.69, 9.17) is 5.21 Å². The molecule has 1 aromatic heterocycles. The molecule has 0 aliphatic rings. The molecule has 5 nitrogen and oxygen atoms in total. The average Bonchev–Trinajstić information content (AvgIpc) is 2.78. The zero-order valence-corrected chi connectivity index (χ0v) is 12.3. The van der Waals surface area contributed by atoms with Crippen LogP contribution in [0.2, 0.25) is 0 Å². The Hall–Kier alpha value is -2.21. The molecule has 104 valence electrons. The minimum absolute atomic E-state index is 0.159. The number of amides is 1. The molecule has 0 bridgehead atoms. The lowest BCUT2D eigenvalue weighted by Crippen LogP contribution is -2.11. The number of carbonyl (C=O) groups is 1. The molecule has 0 atom stereocenters. The number of anilines is 1. The number of oxime groups is 1. The van der Waals surface area contributed by atoms with Crippen molar-refractivity contribution in [3.63, 3.8) is 0 Å². The molecular formula is C14H15N3O2S. The lowest BCUT2D eigenvalue weighted by molar-refractivity contribution is 0.103. The second kappa shape index (κ2) is 5.83. The molecule has 2 aromatic rings. The van der Waals surface area contributed by atoms with Gasteiger partial charge in [0.1, 0.15) is 4.88 Å². The van der Waals surface area contributed by atoms with E-state index in [2.05, 4.69) is 15.5 Å². The van der Waals surface area contributed by atoms with Gasteiger partial charge in [0.05, 0.1) is 16.4 Å². The van der Waals surface area contributed by atoms with E-state index in [9.17, 15) is 4.79 Å². The smallest absolute Gasteiger partial charge is 0.267 e. The fourth-order valence-electron chi connectivity index (χ4n) is 1.78. The van der Waals surface area contributed by atoms with Crippen LogP contribution in [-0.4, -0.2) is 21.8 Å². The van der Waals surface area contributed by atoms with Crippen molar-refractivity contribution in [2.75, 3.05) is 5.32 Å². The van der Waals surface area contributed by atoms with E-state index in [-0.39, 0.29) is 5.91 Å². The Morgan fingerprint density at radius 2 is 1.95 bits per heavy atom. The van der Waals surface area contributed by atoms with Crippen LogP contribution in [0.3, 0.4) is 0 Å². The minimum atomic E-state index is -0.159. The summed E-state index contributed by atoms with van der Waals surface area (Å²) in [5.74, 6) is -0.159. The molecular weight excluding hydrogens is 274 g/mol. The minimum Gasteiger partial charge on any atom is -0.411 e. The maximum absolute atomic E-state index is 12.1. The normalized spacial score (nSPS) is 11.4. The van der Waals surface area contributed by atoms with Crippen LogP contribution >= 0.6 is 11.3 Å². The van der Waals surface area contributed by atoms with Crippen LogP contribution in [0, 0.1) is 13.8 Å². The lowest BCUT2D eigenvalue weighted by atomic mass is 10.1. The third kappa shape index (κ3) is 3.03. The first-order chi connectivity index (χ1) is 9.51. The summed E-state index contributed by atoms with van der Waals surface area (Å²) >= 11 is 1.38. The van der Waals surface area contributed by atoms with Gasteiger partial charge < -0.3 is 10.5 Å². The zero-order chi connectivity index (χ0) is 14.7. The van der Waals surface area contributed by atoms with Crippen LogP contribution in [0.5, 0.6) is 0 Å². The zero-order valence-electron chi connectivity index (χ0n) is 11.5. The van der Waals surface area contributed by atoms with Crippen molar-refractivity contribution < 1.29 is 10.0 Å². The third-order valence-electron chi connectivity index (χ3n) is 2.82. The Balaban J connectivity index is 2.14. The van der Waals surface area contributed by atoms with Crippen molar-refractivity contribution in [1.82, 2.24) is 4.98 Å². The quantitative estimate of drug-likeness (QED) is 0.517. The SMILES string of the molecule is C/C(=N/O)c1ccc(NC(=O)c2sc(C)nc2C)cc1. The van der Waals surface area contributed by atoms with Crippen LogP contribution in [0.15, 0.2) is 29.4 Å². The molecule has 0 radical (unpaired) electrons. The van der Waals surface area contributed by atoms with E-state index >= 15 is 0 Å². The number of aromatic nitrogens is 1. The van der Waals surface area contributed by atoms with Crippen LogP contribution in [-0.2, 0) is 0 Å². The van der Waals surface area contributed by atoms with E-state index in [1.165, 1.54) is 11.3 Å². The number of nitrogens with one attached hydrogen (secondary N) is 1. The number of benzene rings is 1. The average molecular weight is 289 g/mol. The predicted molar refractivity (Wildman–Crippen MR) is 80.0 cm³/mol. The van der Waals surface area contributed by atoms with Crippen molar-refractivity contribution in [2.24, 2.45) is 5.16 Å². The Bertz CT molecular complexity index is 660. The summed E-state index contributed by atoms with van der Waals surface area (Å²) in [6.45, 7) is 5.40. The van der Waals surface area contributed by atoms with Crippen molar-refractivity contribution in [1.29, 1.82) is 0 Å². The number of hydrogen-bond donors (Lipinski definition) is 2. The first-order valence-electron chi connectivity index (χ1n) is 6.05. The van der Waals surface area contributed by atoms with Gasteiger partial charge in [-0.15, -0.1) is 11.3 Å². The molecule has 0 aliphatic heterocycles. The Kier molecular flexibility index (Phi) is 4.14. The van der Waals surface area contributed by atoms with E-state index in [1.54, 1.807) is 31.2 Å². The predicted octanol–water partition coefficient (Wildman–Crippen LogP) is 3.21. The van der Waals surface area contributed by atoms with Crippen LogP contribution in [0.25, 0.3) is 0 Å². The highest BCUT2D eigenvalue weighted by Gasteiger charge is 2.13. The lowest BCUT2D eigenvalue weighted by Gasteiger charge is -2.05. The Morgan fingerprint density at radius 3 is 2.45 bits per heavy atom. The monoisotopic (exact) mass is 289 g/mol. The molecule has 6 heteroatoms. The second-order valence-electron chi connectivity index (χ2n) is 4.36. The van der Waals surface area contributed by atoms with Crippen molar-refractivity contribution in [3.05, 3.63) is 45.4 Å². The molecule has 0 saturated carbocycles. The van der Waals surface area contributed by atoms with E-state index < -0.39 is 0 Å². The fraction of sp³-hybridized carbons (Fsp3) is 0.214. The maximum Gasteiger partial charge on any atom is 0.267 e. The van der Waals surface area contributed by atoms with Crippen molar-refractivity contribution >= 4 is 28.6 Å². The van der Waals surface area contributed by atoms with E-state index in [0.717, 1.165) is 16.3 Å². The van der Waals surface area contributed by atoms with Gasteiger partial charge in [-0.3, -0.25) is 4.79 Å². The van der Waals surface area contributed by atoms with Gasteiger partial charge in [-0.25, -0.2) is 4.98 Å². The molecule has 1 aromatic carbocycles. The number of rotatable bonds is 3. The molecule has 1 amide bonds. The molecule has 20 heavy (non-hydrogen) atoms. The van der Waals surface area contributed by atoms with Gasteiger partial charge in [0.15, 0.2) is 0 Å². The number of aryl methyl sites for hydroxylation is 2. The highest BCUT2D eigenvalue weighted by atomic mass is 32.1. The topological polar surface area (TPSA) is 74.6 Å². The van der Waals surface area contributed by atoms with Gasteiger partial charge in [-0.1, -0.05) is 17.3 Å². The van der Waals surface area contributed by atoms with E-state index in [1.807, 2.05) is 13.8 Å². The molecule has 0 spiro atoms. The summed E-state index contributed by atoms with van der Waals surface area (Å²) in [6, 6.07) is 7.11. The fourth-order valence-corrected chi connectivity index (χ4v) is 2.60. The van der Waals surface area contributed by atoms with Crippen molar-refractivity contribution in [2.45, 2.75) is 20.8 Å². The Labute approximate surface area is 121 Å². The van der Waals surface area contributed by atoms with Crippen LogP contribution < -0.4 is 5.32 Å². The summed E-state index contributed by atoms with van der Waals surface area (Å²) < 4.78 is 0. The van der Waals surface area contributed by atoms with Crippen molar-refractivity contribution in [3.8, 4) is 0 Å². The van der Waals surface area contributed by atoms with Gasteiger partial charge in [-0.05, 0) is 38.5 Å². The standard InChI is InChI=1S/C14H15N3O2S/c1-8(17-19)11-4-6-12(7-5-11)16-14(18)13-9(2)15-10(3)20-13/h4-7,19H,1-3H3,(H,16,18)/b17-8-. The maximum atomic E-state index is 12.1. The summed E-state index contributed by atoms with van der Waals surface area (Å²) in [7, 11) is 0. The van der Waals surface area contributed by atoms with Crippen LogP contribution in [0.1, 0.15) is 32.9 Å². The molecule has 0 unspecified atom stereocenters. The molecule has 1 heterocycles.